The SMILES string of the molecule is COc1cc([N+](=O)[O-])ccc1OCc1ncc(-c2ccccc2)o1. The Morgan fingerprint density at radius 2 is 1.96 bits per heavy atom. The second-order valence-electron chi connectivity index (χ2n) is 4.87. The summed E-state index contributed by atoms with van der Waals surface area (Å²) in [6, 6.07) is 13.7. The first kappa shape index (κ1) is 15.5. The van der Waals surface area contributed by atoms with Crippen molar-refractivity contribution in [1.29, 1.82) is 0 Å². The molecule has 0 amide bonds. The van der Waals surface area contributed by atoms with Crippen molar-refractivity contribution in [2.75, 3.05) is 7.11 Å². The maximum Gasteiger partial charge on any atom is 0.273 e. The van der Waals surface area contributed by atoms with Gasteiger partial charge in [0.05, 0.1) is 24.3 Å². The van der Waals surface area contributed by atoms with Crippen LogP contribution in [0.15, 0.2) is 59.1 Å². The van der Waals surface area contributed by atoms with E-state index in [4.69, 9.17) is 13.9 Å². The van der Waals surface area contributed by atoms with Crippen molar-refractivity contribution in [3.05, 3.63) is 70.7 Å². The molecule has 1 heterocycles. The van der Waals surface area contributed by atoms with Gasteiger partial charge in [-0.2, -0.15) is 0 Å². The van der Waals surface area contributed by atoms with Gasteiger partial charge >= 0.3 is 0 Å². The van der Waals surface area contributed by atoms with Gasteiger partial charge in [0.15, 0.2) is 23.9 Å². The van der Waals surface area contributed by atoms with E-state index in [0.717, 1.165) is 5.56 Å². The number of non-ortho nitro benzene ring substituents is 1. The Balaban J connectivity index is 1.72. The van der Waals surface area contributed by atoms with E-state index in [2.05, 4.69) is 4.98 Å². The number of oxazole rings is 1. The van der Waals surface area contributed by atoms with Gasteiger partial charge in [-0.25, -0.2) is 4.98 Å². The first-order valence-corrected chi connectivity index (χ1v) is 7.12. The number of rotatable bonds is 6. The summed E-state index contributed by atoms with van der Waals surface area (Å²) in [5, 5.41) is 10.8. The number of nitro benzene ring substituents is 1. The molecule has 0 bridgehead atoms. The number of ether oxygens (including phenoxy) is 2. The van der Waals surface area contributed by atoms with Gasteiger partial charge in [0.2, 0.25) is 5.89 Å². The molecule has 1 aromatic heterocycles. The van der Waals surface area contributed by atoms with Crippen LogP contribution in [-0.2, 0) is 6.61 Å². The van der Waals surface area contributed by atoms with Crippen LogP contribution >= 0.6 is 0 Å². The summed E-state index contributed by atoms with van der Waals surface area (Å²) in [5.74, 6) is 1.70. The summed E-state index contributed by atoms with van der Waals surface area (Å²) in [6.07, 6.45) is 1.63. The second kappa shape index (κ2) is 6.82. The van der Waals surface area contributed by atoms with Crippen LogP contribution in [0.4, 0.5) is 5.69 Å². The minimum Gasteiger partial charge on any atom is -0.493 e. The highest BCUT2D eigenvalue weighted by Crippen LogP contribution is 2.31. The van der Waals surface area contributed by atoms with E-state index in [1.54, 1.807) is 6.20 Å². The van der Waals surface area contributed by atoms with Crippen molar-refractivity contribution in [3.63, 3.8) is 0 Å². The molecule has 24 heavy (non-hydrogen) atoms. The number of nitrogens with zero attached hydrogens (tertiary/aromatic N) is 2. The molecular weight excluding hydrogens is 312 g/mol. The van der Waals surface area contributed by atoms with E-state index in [9.17, 15) is 10.1 Å². The molecule has 0 unspecified atom stereocenters. The summed E-state index contributed by atoms with van der Waals surface area (Å²) in [4.78, 5) is 14.5. The lowest BCUT2D eigenvalue weighted by Crippen LogP contribution is -1.98. The van der Waals surface area contributed by atoms with Gasteiger partial charge in [-0.3, -0.25) is 10.1 Å². The molecule has 2 aromatic carbocycles. The molecule has 0 saturated heterocycles. The Labute approximate surface area is 137 Å². The van der Waals surface area contributed by atoms with Crippen LogP contribution in [0.1, 0.15) is 5.89 Å². The molecule has 122 valence electrons. The van der Waals surface area contributed by atoms with E-state index in [-0.39, 0.29) is 18.0 Å². The molecule has 7 nitrogen and oxygen atoms in total. The molecule has 0 spiro atoms. The van der Waals surface area contributed by atoms with Gasteiger partial charge in [0.25, 0.3) is 5.69 Å². The predicted molar refractivity (Wildman–Crippen MR) is 85.9 cm³/mol. The smallest absolute Gasteiger partial charge is 0.273 e. The predicted octanol–water partition coefficient (Wildman–Crippen LogP) is 3.84. The lowest BCUT2D eigenvalue weighted by Gasteiger charge is -2.08. The summed E-state index contributed by atoms with van der Waals surface area (Å²) in [7, 11) is 1.42. The second-order valence-corrected chi connectivity index (χ2v) is 4.87. The van der Waals surface area contributed by atoms with Gasteiger partial charge < -0.3 is 13.9 Å². The number of aromatic nitrogens is 1. The third-order valence-corrected chi connectivity index (χ3v) is 3.32. The fraction of sp³-hybridized carbons (Fsp3) is 0.118. The summed E-state index contributed by atoms with van der Waals surface area (Å²) in [6.45, 7) is 0.0843. The van der Waals surface area contributed by atoms with Crippen molar-refractivity contribution in [1.82, 2.24) is 4.98 Å². The molecule has 3 rings (SSSR count). The van der Waals surface area contributed by atoms with Gasteiger partial charge in [-0.05, 0) is 6.07 Å². The van der Waals surface area contributed by atoms with E-state index >= 15 is 0 Å². The number of methoxy groups -OCH3 is 1. The van der Waals surface area contributed by atoms with Gasteiger partial charge in [-0.1, -0.05) is 30.3 Å². The van der Waals surface area contributed by atoms with Crippen LogP contribution in [0.3, 0.4) is 0 Å². The normalized spacial score (nSPS) is 10.4. The minimum absolute atomic E-state index is 0.0679. The molecule has 0 N–H and O–H groups in total. The van der Waals surface area contributed by atoms with E-state index < -0.39 is 4.92 Å². The number of benzene rings is 2. The highest BCUT2D eigenvalue weighted by Gasteiger charge is 2.13. The third-order valence-electron chi connectivity index (χ3n) is 3.32. The topological polar surface area (TPSA) is 87.6 Å². The molecular formula is C17H14N2O5. The molecule has 3 aromatic rings. The minimum atomic E-state index is -0.494. The average Bonchev–Trinajstić information content (AvgIpc) is 3.09. The quantitative estimate of drug-likeness (QED) is 0.505. The largest absolute Gasteiger partial charge is 0.493 e. The van der Waals surface area contributed by atoms with Crippen LogP contribution in [0, 0.1) is 10.1 Å². The monoisotopic (exact) mass is 326 g/mol. The zero-order valence-corrected chi connectivity index (χ0v) is 12.8. The van der Waals surface area contributed by atoms with Crippen molar-refractivity contribution < 1.29 is 18.8 Å². The van der Waals surface area contributed by atoms with E-state index in [1.165, 1.54) is 25.3 Å². The van der Waals surface area contributed by atoms with E-state index in [0.29, 0.717) is 17.4 Å². The van der Waals surface area contributed by atoms with Crippen molar-refractivity contribution in [2.45, 2.75) is 6.61 Å². The van der Waals surface area contributed by atoms with Crippen molar-refractivity contribution >= 4 is 5.69 Å². The molecule has 0 aliphatic carbocycles. The average molecular weight is 326 g/mol. The molecule has 0 atom stereocenters. The Morgan fingerprint density at radius 3 is 2.67 bits per heavy atom. The molecule has 0 radical (unpaired) electrons. The first-order chi connectivity index (χ1) is 11.7. The summed E-state index contributed by atoms with van der Waals surface area (Å²) < 4.78 is 16.4. The van der Waals surface area contributed by atoms with Crippen molar-refractivity contribution in [2.24, 2.45) is 0 Å². The first-order valence-electron chi connectivity index (χ1n) is 7.12. The standard InChI is InChI=1S/C17H14N2O5/c1-22-15-9-13(19(20)21)7-8-14(15)23-11-17-18-10-16(24-17)12-5-3-2-4-6-12/h2-10H,11H2,1H3. The highest BCUT2D eigenvalue weighted by molar-refractivity contribution is 5.55. The highest BCUT2D eigenvalue weighted by atomic mass is 16.6. The van der Waals surface area contributed by atoms with Crippen LogP contribution < -0.4 is 9.47 Å². The Bertz CT molecular complexity index is 845. The summed E-state index contributed by atoms with van der Waals surface area (Å²) >= 11 is 0. The Morgan fingerprint density at radius 1 is 1.17 bits per heavy atom. The van der Waals surface area contributed by atoms with Crippen LogP contribution in [-0.4, -0.2) is 17.0 Å². The number of nitro groups is 1. The third kappa shape index (κ3) is 3.35. The zero-order chi connectivity index (χ0) is 16.9. The van der Waals surface area contributed by atoms with E-state index in [1.807, 2.05) is 30.3 Å². The number of hydrogen-bond acceptors (Lipinski definition) is 6. The van der Waals surface area contributed by atoms with Gasteiger partial charge in [0.1, 0.15) is 0 Å². The van der Waals surface area contributed by atoms with Crippen molar-refractivity contribution in [3.8, 4) is 22.8 Å². The number of hydrogen-bond donors (Lipinski definition) is 0. The maximum absolute atomic E-state index is 10.8. The van der Waals surface area contributed by atoms with Gasteiger partial charge in [0, 0.05) is 11.6 Å². The lowest BCUT2D eigenvalue weighted by molar-refractivity contribution is -0.385. The molecule has 0 aliphatic heterocycles. The molecule has 7 heteroatoms. The molecule has 0 saturated carbocycles. The zero-order valence-electron chi connectivity index (χ0n) is 12.8. The van der Waals surface area contributed by atoms with Crippen LogP contribution in [0.2, 0.25) is 0 Å². The molecule has 0 aliphatic rings. The van der Waals surface area contributed by atoms with Crippen LogP contribution in [0.5, 0.6) is 11.5 Å². The Hall–Kier alpha value is -3.35. The molecule has 0 fully saturated rings. The Kier molecular flexibility index (Phi) is 4.42. The van der Waals surface area contributed by atoms with Crippen LogP contribution in [0.25, 0.3) is 11.3 Å². The fourth-order valence-corrected chi connectivity index (χ4v) is 2.14. The fourth-order valence-electron chi connectivity index (χ4n) is 2.14. The van der Waals surface area contributed by atoms with Gasteiger partial charge in [-0.15, -0.1) is 0 Å². The summed E-state index contributed by atoms with van der Waals surface area (Å²) in [5.41, 5.74) is 0.853. The lowest BCUT2D eigenvalue weighted by atomic mass is 10.2. The maximum atomic E-state index is 10.8.